The van der Waals surface area contributed by atoms with Gasteiger partial charge in [0.15, 0.2) is 0 Å². The molecule has 1 atom stereocenters. The fourth-order valence-electron chi connectivity index (χ4n) is 3.18. The highest BCUT2D eigenvalue weighted by Gasteiger charge is 2.26. The van der Waals surface area contributed by atoms with Gasteiger partial charge in [0.1, 0.15) is 0 Å². The number of likely N-dealkylation sites (tertiary alicyclic amines) is 1. The molecule has 1 aromatic rings. The number of carbonyl (C=O) groups is 1. The molecular weight excluding hydrogens is 262 g/mol. The summed E-state index contributed by atoms with van der Waals surface area (Å²) in [6.45, 7) is 7.25. The van der Waals surface area contributed by atoms with E-state index in [4.69, 9.17) is 0 Å². The fraction of sp³-hybridized carbons (Fsp3) is 0.588. The van der Waals surface area contributed by atoms with Crippen molar-refractivity contribution >= 4 is 11.6 Å². The van der Waals surface area contributed by atoms with Crippen LogP contribution in [0.4, 0.5) is 5.69 Å². The second-order valence-electron chi connectivity index (χ2n) is 5.89. The maximum absolute atomic E-state index is 12.6. The monoisotopic (exact) mass is 289 g/mol. The van der Waals surface area contributed by atoms with Crippen LogP contribution in [0.1, 0.15) is 35.7 Å². The van der Waals surface area contributed by atoms with Gasteiger partial charge in [-0.3, -0.25) is 9.69 Å². The van der Waals surface area contributed by atoms with Crippen LogP contribution in [0.5, 0.6) is 0 Å². The zero-order valence-electron chi connectivity index (χ0n) is 13.6. The van der Waals surface area contributed by atoms with Crippen LogP contribution in [0, 0.1) is 6.92 Å². The first kappa shape index (κ1) is 15.8. The van der Waals surface area contributed by atoms with Crippen molar-refractivity contribution in [2.45, 2.75) is 32.7 Å². The van der Waals surface area contributed by atoms with E-state index in [0.717, 1.165) is 29.9 Å². The number of likely N-dealkylation sites (N-methyl/N-ethyl adjacent to an activating group) is 2. The Hall–Kier alpha value is -1.55. The van der Waals surface area contributed by atoms with E-state index in [2.05, 4.69) is 17.1 Å². The molecule has 1 aromatic carbocycles. The minimum Gasteiger partial charge on any atom is -0.388 e. The molecule has 0 radical (unpaired) electrons. The minimum absolute atomic E-state index is 0.123. The van der Waals surface area contributed by atoms with Crippen LogP contribution >= 0.6 is 0 Å². The van der Waals surface area contributed by atoms with Gasteiger partial charge in [-0.15, -0.1) is 0 Å². The SMILES string of the molecule is CCN1CCCC1CN(C)C(=O)c1ccc(NC)cc1C. The Bertz CT molecular complexity index is 501. The summed E-state index contributed by atoms with van der Waals surface area (Å²) in [5.74, 6) is 0.123. The molecular formula is C17H27N3O. The van der Waals surface area contributed by atoms with E-state index in [-0.39, 0.29) is 5.91 Å². The van der Waals surface area contributed by atoms with Crippen molar-refractivity contribution in [3.63, 3.8) is 0 Å². The number of carbonyl (C=O) groups excluding carboxylic acids is 1. The van der Waals surface area contributed by atoms with E-state index >= 15 is 0 Å². The molecule has 0 spiro atoms. The normalized spacial score (nSPS) is 18.8. The number of nitrogens with zero attached hydrogens (tertiary/aromatic N) is 2. The molecule has 0 aliphatic carbocycles. The number of nitrogens with one attached hydrogen (secondary N) is 1. The summed E-state index contributed by atoms with van der Waals surface area (Å²) in [5.41, 5.74) is 2.87. The Morgan fingerprint density at radius 1 is 1.48 bits per heavy atom. The van der Waals surface area contributed by atoms with Crippen LogP contribution in [0.15, 0.2) is 18.2 Å². The summed E-state index contributed by atoms with van der Waals surface area (Å²) in [4.78, 5) is 17.0. The third kappa shape index (κ3) is 3.56. The molecule has 4 nitrogen and oxygen atoms in total. The maximum Gasteiger partial charge on any atom is 0.253 e. The maximum atomic E-state index is 12.6. The Morgan fingerprint density at radius 3 is 2.86 bits per heavy atom. The van der Waals surface area contributed by atoms with Gasteiger partial charge >= 0.3 is 0 Å². The van der Waals surface area contributed by atoms with E-state index in [1.807, 2.05) is 44.1 Å². The van der Waals surface area contributed by atoms with E-state index < -0.39 is 0 Å². The predicted molar refractivity (Wildman–Crippen MR) is 88.0 cm³/mol. The number of hydrogen-bond donors (Lipinski definition) is 1. The predicted octanol–water partition coefficient (Wildman–Crippen LogP) is 2.59. The van der Waals surface area contributed by atoms with Crippen LogP contribution in [0.25, 0.3) is 0 Å². The van der Waals surface area contributed by atoms with E-state index in [1.165, 1.54) is 19.4 Å². The molecule has 1 N–H and O–H groups in total. The van der Waals surface area contributed by atoms with Crippen molar-refractivity contribution in [2.24, 2.45) is 0 Å². The number of rotatable bonds is 5. The van der Waals surface area contributed by atoms with Crippen molar-refractivity contribution in [1.29, 1.82) is 0 Å². The molecule has 1 amide bonds. The third-order valence-electron chi connectivity index (χ3n) is 4.48. The molecule has 21 heavy (non-hydrogen) atoms. The first-order valence-electron chi connectivity index (χ1n) is 7.84. The molecule has 0 bridgehead atoms. The fourth-order valence-corrected chi connectivity index (χ4v) is 3.18. The summed E-state index contributed by atoms with van der Waals surface area (Å²) in [6, 6.07) is 6.42. The Labute approximate surface area is 128 Å². The van der Waals surface area contributed by atoms with Gasteiger partial charge in [0.05, 0.1) is 0 Å². The lowest BCUT2D eigenvalue weighted by molar-refractivity contribution is 0.0754. The Kier molecular flexibility index (Phi) is 5.23. The molecule has 0 saturated carbocycles. The highest BCUT2D eigenvalue weighted by Crippen LogP contribution is 2.20. The average Bonchev–Trinajstić information content (AvgIpc) is 2.93. The second kappa shape index (κ2) is 6.94. The molecule has 1 aliphatic rings. The minimum atomic E-state index is 0.123. The summed E-state index contributed by atoms with van der Waals surface area (Å²) in [5, 5.41) is 3.10. The third-order valence-corrected chi connectivity index (χ3v) is 4.48. The van der Waals surface area contributed by atoms with Crippen LogP contribution in [0.3, 0.4) is 0 Å². The van der Waals surface area contributed by atoms with Gasteiger partial charge in [-0.25, -0.2) is 0 Å². The zero-order valence-corrected chi connectivity index (χ0v) is 13.6. The number of amides is 1. The van der Waals surface area contributed by atoms with Gasteiger partial charge in [-0.2, -0.15) is 0 Å². The molecule has 1 heterocycles. The molecule has 1 saturated heterocycles. The van der Waals surface area contributed by atoms with Crippen LogP contribution < -0.4 is 5.32 Å². The summed E-state index contributed by atoms with van der Waals surface area (Å²) in [7, 11) is 3.81. The first-order chi connectivity index (χ1) is 10.1. The highest BCUT2D eigenvalue weighted by atomic mass is 16.2. The van der Waals surface area contributed by atoms with Gasteiger partial charge in [0, 0.05) is 37.9 Å². The second-order valence-corrected chi connectivity index (χ2v) is 5.89. The molecule has 4 heteroatoms. The summed E-state index contributed by atoms with van der Waals surface area (Å²) < 4.78 is 0. The van der Waals surface area contributed by atoms with Crippen LogP contribution in [0.2, 0.25) is 0 Å². The van der Waals surface area contributed by atoms with Gasteiger partial charge in [0.2, 0.25) is 0 Å². The summed E-state index contributed by atoms with van der Waals surface area (Å²) in [6.07, 6.45) is 2.44. The largest absolute Gasteiger partial charge is 0.388 e. The summed E-state index contributed by atoms with van der Waals surface area (Å²) >= 11 is 0. The lowest BCUT2D eigenvalue weighted by Gasteiger charge is -2.28. The van der Waals surface area contributed by atoms with Crippen LogP contribution in [-0.4, -0.2) is 55.5 Å². The Morgan fingerprint density at radius 2 is 2.24 bits per heavy atom. The van der Waals surface area contributed by atoms with E-state index in [0.29, 0.717) is 6.04 Å². The van der Waals surface area contributed by atoms with Crippen LogP contribution in [-0.2, 0) is 0 Å². The highest BCUT2D eigenvalue weighted by molar-refractivity contribution is 5.96. The van der Waals surface area contributed by atoms with Crippen molar-refractivity contribution in [1.82, 2.24) is 9.80 Å². The lowest BCUT2D eigenvalue weighted by Crippen LogP contribution is -2.41. The molecule has 1 aliphatic heterocycles. The van der Waals surface area contributed by atoms with Crippen molar-refractivity contribution in [3.8, 4) is 0 Å². The molecule has 116 valence electrons. The van der Waals surface area contributed by atoms with E-state index in [9.17, 15) is 4.79 Å². The number of benzene rings is 1. The van der Waals surface area contributed by atoms with Gasteiger partial charge in [0.25, 0.3) is 5.91 Å². The van der Waals surface area contributed by atoms with Gasteiger partial charge in [-0.05, 0) is 56.6 Å². The number of hydrogen-bond acceptors (Lipinski definition) is 3. The lowest BCUT2D eigenvalue weighted by atomic mass is 10.1. The topological polar surface area (TPSA) is 35.6 Å². The number of aryl methyl sites for hydroxylation is 1. The standard InChI is InChI=1S/C17H27N3O/c1-5-20-10-6-7-15(20)12-19(4)17(21)16-9-8-14(18-3)11-13(16)2/h8-9,11,15,18H,5-7,10,12H2,1-4H3. The molecule has 1 fully saturated rings. The Balaban J connectivity index is 2.05. The molecule has 0 aromatic heterocycles. The zero-order chi connectivity index (χ0) is 15.4. The number of anilines is 1. The quantitative estimate of drug-likeness (QED) is 0.905. The first-order valence-corrected chi connectivity index (χ1v) is 7.84. The van der Waals surface area contributed by atoms with Crippen molar-refractivity contribution in [3.05, 3.63) is 29.3 Å². The smallest absolute Gasteiger partial charge is 0.253 e. The van der Waals surface area contributed by atoms with Crippen molar-refractivity contribution < 1.29 is 4.79 Å². The molecule has 2 rings (SSSR count). The molecule has 1 unspecified atom stereocenters. The van der Waals surface area contributed by atoms with Crippen molar-refractivity contribution in [2.75, 3.05) is 39.0 Å². The van der Waals surface area contributed by atoms with E-state index in [1.54, 1.807) is 0 Å². The van der Waals surface area contributed by atoms with Gasteiger partial charge < -0.3 is 10.2 Å². The average molecular weight is 289 g/mol. The van der Waals surface area contributed by atoms with Gasteiger partial charge in [-0.1, -0.05) is 6.92 Å².